The number of rotatable bonds is 71. The quantitative estimate of drug-likeness (QED) is 0.00627. The zero-order valence-corrected chi connectivity index (χ0v) is 81.2. The summed E-state index contributed by atoms with van der Waals surface area (Å²) in [6, 6.07) is 0. The zero-order valence-electron chi connectivity index (χ0n) is 74.1. The van der Waals surface area contributed by atoms with Gasteiger partial charge in [-0.15, -0.1) is 219 Å². The Morgan fingerprint density at radius 1 is 0.280 bits per heavy atom. The smallest absolute Gasteiger partial charge is 0.319 e. The Bertz CT molecular complexity index is 2810. The van der Waals surface area contributed by atoms with E-state index in [2.05, 4.69) is 382 Å². The molecule has 0 bridgehead atoms. The highest BCUT2D eigenvalue weighted by atomic mass is 31.2. The van der Waals surface area contributed by atoms with Crippen LogP contribution in [0.5, 0.6) is 0 Å². The Morgan fingerprint density at radius 2 is 0.492 bits per heavy atom. The highest BCUT2D eigenvalue weighted by Gasteiger charge is 2.22. The predicted molar refractivity (Wildman–Crippen MR) is 462 cm³/mol. The van der Waals surface area contributed by atoms with Crippen molar-refractivity contribution in [2.45, 2.75) is 12.8 Å². The van der Waals surface area contributed by atoms with Crippen LogP contribution in [0, 0.1) is 23.7 Å². The van der Waals surface area contributed by atoms with E-state index >= 15 is 0 Å². The molecule has 132 heavy (non-hydrogen) atoms. The van der Waals surface area contributed by atoms with Gasteiger partial charge in [0.05, 0.1) is 66.1 Å². The van der Waals surface area contributed by atoms with E-state index in [1.54, 1.807) is 14.1 Å². The van der Waals surface area contributed by atoms with Crippen LogP contribution in [0.15, 0.2) is 261 Å². The van der Waals surface area contributed by atoms with Gasteiger partial charge in [0.1, 0.15) is 51.5 Å². The van der Waals surface area contributed by atoms with Crippen molar-refractivity contribution in [3.63, 3.8) is 0 Å². The van der Waals surface area contributed by atoms with Gasteiger partial charge in [0.2, 0.25) is 0 Å². The van der Waals surface area contributed by atoms with Crippen molar-refractivity contribution in [3.05, 3.63) is 261 Å². The monoisotopic (exact) mass is 2090 g/mol. The van der Waals surface area contributed by atoms with Gasteiger partial charge in [-0.25, -0.2) is 19.6 Å². The van der Waals surface area contributed by atoms with Crippen molar-refractivity contribution < 1.29 is 253 Å². The number of hydrogen-bond donors (Lipinski definition) is 6. The Labute approximate surface area is 770 Å². The molecule has 65 heteroatoms. The Balaban J connectivity index is -0.000000117. The predicted octanol–water partition coefficient (Wildman–Crippen LogP) is 9.63. The lowest BCUT2D eigenvalue weighted by molar-refractivity contribution is -0.700. The van der Waals surface area contributed by atoms with E-state index < -0.39 is 172 Å². The molecule has 0 saturated carbocycles. The molecule has 6 N–H and O–H groups in total. The van der Waals surface area contributed by atoms with E-state index in [0.717, 1.165) is 18.5 Å². The first-order valence-electron chi connectivity index (χ1n) is 34.1. The highest BCUT2D eigenvalue weighted by molar-refractivity contribution is 7.50. The SMILES string of the molecule is C=C.C=C.C=C.C=C.C=C.C=C.C=C.C=C.C=C.C=C.C=C.C=C.C=C.C=C.C=C.C=C.C=COOOOOCCOP(=O)([O-])OCC(CNC)COP(=O)([O-])O.CNCC(CCC(CNF)COP(=O)([O-])O)COP(=O)([O-])OCCOOOOO/C=C\OP(=O)([O-])OCCOOOOO/C=C/OP(=O)([O-])OCC(CNF)COP(=O)([O-])OCCOOOOO/C=C/OP(C)(=O)[O-]. The van der Waals surface area contributed by atoms with Gasteiger partial charge in [0, 0.05) is 78.4 Å². The van der Waals surface area contributed by atoms with Gasteiger partial charge in [0.15, 0.2) is 26.4 Å². The van der Waals surface area contributed by atoms with Crippen LogP contribution in [0.1, 0.15) is 12.8 Å². The third-order valence-electron chi connectivity index (χ3n) is 8.79. The first-order valence-corrected chi connectivity index (χ1v) is 46.4. The van der Waals surface area contributed by atoms with Crippen molar-refractivity contribution in [1.82, 2.24) is 21.7 Å². The lowest BCUT2D eigenvalue weighted by Crippen LogP contribution is -2.28. The fraction of sp³-hybridized carbons (Fsp3) is 0.403. The number of phosphoric ester groups is 7. The van der Waals surface area contributed by atoms with Gasteiger partial charge < -0.3 is 138 Å². The molecule has 788 valence electrons. The van der Waals surface area contributed by atoms with Gasteiger partial charge >= 0.3 is 15.6 Å². The summed E-state index contributed by atoms with van der Waals surface area (Å²) >= 11 is 0. The average molecular weight is 2100 g/mol. The minimum atomic E-state index is -5.20. The first-order chi connectivity index (χ1) is 63.0. The number of nitrogens with one attached hydrogen (secondary N) is 4. The summed E-state index contributed by atoms with van der Waals surface area (Å²) in [4.78, 5) is 142. The maximum absolute atomic E-state index is 12.7. The van der Waals surface area contributed by atoms with Gasteiger partial charge in [-0.2, -0.15) is 11.1 Å². The molecule has 0 spiro atoms. The van der Waals surface area contributed by atoms with Crippen LogP contribution in [-0.4, -0.2) is 149 Å². The molecule has 0 aromatic rings. The summed E-state index contributed by atoms with van der Waals surface area (Å²) in [5, 5.41) is 52.3. The van der Waals surface area contributed by atoms with Crippen molar-refractivity contribution >= 4 is 62.4 Å². The average Bonchev–Trinajstić information content (AvgIpc) is 0.909. The summed E-state index contributed by atoms with van der Waals surface area (Å²) < 4.78 is 174. The van der Waals surface area contributed by atoms with Crippen LogP contribution in [0.4, 0.5) is 8.96 Å². The standard InChI is InChI=1S/C26H55F2N3O38P6.C9H21NO13P2.16C2H4/c1-29-17-24(3-4-25(18-30-27)20-57-71(34,35)36)21-58-73(39,40)54-14-8-48-65-68-62-46-6-12-52-72(37,38)53-13-7-47-63-69-66-50-10-16-56-75(43,44)60-23-26(19-31-28)22-59-74(41,42)55-15-9-49-64-67-61-45-5-11-51-70(2,32)33;1-3-16-21-23-22-17-4-5-18-25(14,15)20-8-9(6-10-2)7-19-24(11,12)13;16*1-2/h5-6,10-12,16,24-26,29-31H,3-4,7-9,13-15,17-23H2,1-2H3,(H,32,33)(H,37,38)(H,39,40)(H,41,42)(H,43,44)(H2,34,35,36);3,9-10H,1,4-8H2,2H3,(H,14,15)(H2,11,12,13);16*1-2H2/p-8/b11-5+,12-6-,16-10+;;;;;;;;;;;;;;;;;. The lowest BCUT2D eigenvalue weighted by Gasteiger charge is -2.27. The van der Waals surface area contributed by atoms with Crippen LogP contribution >= 0.6 is 62.4 Å². The van der Waals surface area contributed by atoms with Crippen LogP contribution in [0.25, 0.3) is 0 Å². The minimum Gasteiger partial charge on any atom is -0.769 e. The molecule has 0 aromatic carbocycles. The second-order valence-corrected chi connectivity index (χ2v) is 27.8. The largest absolute Gasteiger partial charge is 0.769 e. The molecule has 0 aliphatic rings. The van der Waals surface area contributed by atoms with Crippen LogP contribution in [-0.2, 0) is 195 Å². The molecule has 0 amide bonds. The van der Waals surface area contributed by atoms with Crippen molar-refractivity contribution in [1.29, 1.82) is 0 Å². The van der Waals surface area contributed by atoms with Gasteiger partial charge in [-0.05, 0) is 65.5 Å². The third kappa shape index (κ3) is 167. The maximum atomic E-state index is 12.7. The summed E-state index contributed by atoms with van der Waals surface area (Å²) in [5.74, 6) is -3.15. The molecule has 0 aliphatic heterocycles. The van der Waals surface area contributed by atoms with Gasteiger partial charge in [0.25, 0.3) is 39.1 Å². The molecule has 0 aromatic heterocycles. The van der Waals surface area contributed by atoms with Crippen LogP contribution in [0.3, 0.4) is 0 Å². The van der Waals surface area contributed by atoms with Crippen molar-refractivity contribution in [2.24, 2.45) is 23.7 Å². The molecule has 12 unspecified atom stereocenters. The molecule has 55 nitrogen and oxygen atoms in total. The summed E-state index contributed by atoms with van der Waals surface area (Å²) in [7, 11) is -35.8. The lowest BCUT2D eigenvalue weighted by atomic mass is 9.96. The second-order valence-electron chi connectivity index (χ2n) is 16.7. The molecular weight excluding hydrogens is 1960 g/mol. The highest BCUT2D eigenvalue weighted by Crippen LogP contribution is 2.43. The van der Waals surface area contributed by atoms with E-state index in [1.165, 1.54) is 5.54 Å². The fourth-order valence-electron chi connectivity index (χ4n) is 5.00. The Hall–Kier alpha value is -6.50. The van der Waals surface area contributed by atoms with E-state index in [-0.39, 0.29) is 45.7 Å². The Kier molecular flexibility index (Phi) is 175. The molecule has 12 atom stereocenters. The summed E-state index contributed by atoms with van der Waals surface area (Å²) in [6.45, 7) is 90.8. The summed E-state index contributed by atoms with van der Waals surface area (Å²) in [5.41, 5.74) is 2.51. The van der Waals surface area contributed by atoms with Crippen LogP contribution < -0.4 is 60.9 Å². The number of phosphoric acid groups is 7. The molecule has 0 rings (SSSR count). The topological polar surface area (TPSA) is 714 Å². The normalized spacial score (nSPS) is 14.2. The van der Waals surface area contributed by atoms with E-state index in [0.29, 0.717) is 37.6 Å². The van der Waals surface area contributed by atoms with Crippen LogP contribution in [0.2, 0.25) is 0 Å². The van der Waals surface area contributed by atoms with Gasteiger partial charge in [-0.1, -0.05) is 6.58 Å². The molecule has 0 fully saturated rings. The maximum Gasteiger partial charge on any atom is 0.319 e. The third-order valence-corrected chi connectivity index (χ3v) is 14.9. The molecule has 0 saturated heterocycles. The van der Waals surface area contributed by atoms with E-state index in [9.17, 15) is 84.6 Å². The fourth-order valence-corrected chi connectivity index (χ4v) is 9.58. The van der Waals surface area contributed by atoms with Gasteiger partial charge in [-0.3, -0.25) is 36.5 Å². The molecule has 0 radical (unpaired) electrons. The molecular formula is C67H132F2N4O51P8-8. The molecule has 0 aliphatic carbocycles. The van der Waals surface area contributed by atoms with Crippen molar-refractivity contribution in [2.75, 3.05) is 139 Å². The number of halogens is 2. The minimum absolute atomic E-state index is 0.151. The first kappa shape index (κ1) is 168. The molecule has 0 heterocycles. The Morgan fingerprint density at radius 3 is 0.758 bits per heavy atom. The number of hydrogen-bond acceptors (Lipinski definition) is 53. The summed E-state index contributed by atoms with van der Waals surface area (Å²) in [6.07, 6.45) is 3.96. The zero-order chi connectivity index (χ0) is 108. The van der Waals surface area contributed by atoms with E-state index in [1.807, 2.05) is 0 Å². The van der Waals surface area contributed by atoms with E-state index in [4.69, 9.17) is 14.3 Å². The van der Waals surface area contributed by atoms with Crippen molar-refractivity contribution in [3.8, 4) is 0 Å². The second kappa shape index (κ2) is 138.